The fourth-order valence-corrected chi connectivity index (χ4v) is 4.61. The Morgan fingerprint density at radius 2 is 2.00 bits per heavy atom. The van der Waals surface area contributed by atoms with E-state index in [9.17, 15) is 9.59 Å². The van der Waals surface area contributed by atoms with Gasteiger partial charge in [0.25, 0.3) is 0 Å². The Morgan fingerprint density at radius 1 is 1.29 bits per heavy atom. The van der Waals surface area contributed by atoms with E-state index in [1.54, 1.807) is 13.8 Å². The quantitative estimate of drug-likeness (QED) is 0.656. The summed E-state index contributed by atoms with van der Waals surface area (Å²) in [7, 11) is 0. The maximum atomic E-state index is 13.0. The number of piperidine rings is 1. The minimum atomic E-state index is -0.556. The van der Waals surface area contributed by atoms with E-state index in [0.29, 0.717) is 65.9 Å². The summed E-state index contributed by atoms with van der Waals surface area (Å²) >= 11 is 6.36. The van der Waals surface area contributed by atoms with Gasteiger partial charge in [-0.2, -0.15) is 0 Å². The lowest BCUT2D eigenvalue weighted by molar-refractivity contribution is 0.0229. The number of esters is 1. The lowest BCUT2D eigenvalue weighted by Crippen LogP contribution is -2.51. The summed E-state index contributed by atoms with van der Waals surface area (Å²) in [4.78, 5) is 36.1. The van der Waals surface area contributed by atoms with Crippen LogP contribution < -0.4 is 9.64 Å². The number of aromatic nitrogens is 2. The van der Waals surface area contributed by atoms with Crippen molar-refractivity contribution in [1.82, 2.24) is 9.97 Å². The van der Waals surface area contributed by atoms with Gasteiger partial charge in [-0.3, -0.25) is 4.79 Å². The van der Waals surface area contributed by atoms with E-state index in [2.05, 4.69) is 9.97 Å². The van der Waals surface area contributed by atoms with Gasteiger partial charge in [0.1, 0.15) is 28.6 Å². The number of anilines is 1. The number of nitrogens with zero attached hydrogens (tertiary/aromatic N) is 3. The zero-order valence-corrected chi connectivity index (χ0v) is 19.0. The van der Waals surface area contributed by atoms with Gasteiger partial charge in [-0.05, 0) is 44.9 Å². The second kappa shape index (κ2) is 8.11. The molecule has 0 aliphatic carbocycles. The average molecular weight is 444 g/mol. The summed E-state index contributed by atoms with van der Waals surface area (Å²) < 4.78 is 11.6. The molecule has 1 aromatic heterocycles. The summed E-state index contributed by atoms with van der Waals surface area (Å²) in [6.07, 6.45) is 3.13. The number of hydrogen-bond acceptors (Lipinski definition) is 7. The van der Waals surface area contributed by atoms with Crippen LogP contribution in [0.4, 0.5) is 5.82 Å². The summed E-state index contributed by atoms with van der Waals surface area (Å²) in [6, 6.07) is 1.86. The van der Waals surface area contributed by atoms with Gasteiger partial charge < -0.3 is 14.4 Å². The smallest absolute Gasteiger partial charge is 0.343 e. The maximum absolute atomic E-state index is 13.0. The Morgan fingerprint density at radius 3 is 2.68 bits per heavy atom. The van der Waals surface area contributed by atoms with Crippen LogP contribution in [0.15, 0.2) is 12.3 Å². The number of aryl methyl sites for hydroxylation is 2. The molecule has 1 aromatic carbocycles. The van der Waals surface area contributed by atoms with Crippen LogP contribution in [0.1, 0.15) is 63.9 Å². The number of benzene rings is 1. The monoisotopic (exact) mass is 443 g/mol. The van der Waals surface area contributed by atoms with Crippen molar-refractivity contribution in [3.63, 3.8) is 0 Å². The summed E-state index contributed by atoms with van der Waals surface area (Å²) in [5, 5.41) is 0.618. The fourth-order valence-electron chi connectivity index (χ4n) is 4.46. The van der Waals surface area contributed by atoms with Gasteiger partial charge in [-0.15, -0.1) is 0 Å². The number of Topliss-reactive ketones (excluding diaryl/α,β-unsaturated/α-hetero) is 1. The van der Waals surface area contributed by atoms with Crippen molar-refractivity contribution < 1.29 is 19.1 Å². The summed E-state index contributed by atoms with van der Waals surface area (Å²) in [6.45, 7) is 8.84. The number of rotatable bonds is 3. The molecule has 0 amide bonds. The SMILES string of the molecule is CCOC(=O)c1cnc(C)nc1N1CCC2(CC1)CC(=O)c1c(cc(C)c(Cl)c1C)O2. The van der Waals surface area contributed by atoms with E-state index >= 15 is 0 Å². The zero-order valence-electron chi connectivity index (χ0n) is 18.2. The highest BCUT2D eigenvalue weighted by atomic mass is 35.5. The number of ketones is 1. The fraction of sp³-hybridized carbons (Fsp3) is 0.478. The highest BCUT2D eigenvalue weighted by Gasteiger charge is 2.44. The molecule has 0 bridgehead atoms. The number of hydrogen-bond donors (Lipinski definition) is 0. The second-order valence-electron chi connectivity index (χ2n) is 8.25. The number of halogens is 1. The first-order valence-electron chi connectivity index (χ1n) is 10.5. The van der Waals surface area contributed by atoms with E-state index in [0.717, 1.165) is 11.1 Å². The van der Waals surface area contributed by atoms with Crippen molar-refractivity contribution in [2.75, 3.05) is 24.6 Å². The van der Waals surface area contributed by atoms with Crippen LogP contribution in [0.2, 0.25) is 5.02 Å². The first-order valence-corrected chi connectivity index (χ1v) is 10.9. The van der Waals surface area contributed by atoms with Gasteiger partial charge in [0.05, 0.1) is 18.6 Å². The minimum Gasteiger partial charge on any atom is -0.486 e. The number of carbonyl (C=O) groups is 2. The van der Waals surface area contributed by atoms with Crippen molar-refractivity contribution in [2.45, 2.75) is 52.6 Å². The molecule has 1 fully saturated rings. The topological polar surface area (TPSA) is 81.6 Å². The van der Waals surface area contributed by atoms with E-state index < -0.39 is 11.6 Å². The molecule has 2 aliphatic rings. The van der Waals surface area contributed by atoms with Crippen LogP contribution in [0.3, 0.4) is 0 Å². The van der Waals surface area contributed by atoms with Crippen molar-refractivity contribution in [2.24, 2.45) is 0 Å². The lowest BCUT2D eigenvalue weighted by atomic mass is 9.81. The Bertz CT molecular complexity index is 1060. The number of ether oxygens (including phenoxy) is 2. The molecule has 3 heterocycles. The van der Waals surface area contributed by atoms with Crippen LogP contribution in [0, 0.1) is 20.8 Å². The Balaban J connectivity index is 1.58. The van der Waals surface area contributed by atoms with Crippen LogP contribution in [-0.2, 0) is 4.74 Å². The van der Waals surface area contributed by atoms with E-state index in [4.69, 9.17) is 21.1 Å². The van der Waals surface area contributed by atoms with E-state index in [1.165, 1.54) is 6.20 Å². The van der Waals surface area contributed by atoms with Crippen LogP contribution in [0.5, 0.6) is 5.75 Å². The Labute approximate surface area is 186 Å². The third-order valence-electron chi connectivity index (χ3n) is 6.09. The van der Waals surface area contributed by atoms with Crippen LogP contribution in [-0.4, -0.2) is 47.0 Å². The predicted molar refractivity (Wildman–Crippen MR) is 117 cm³/mol. The molecule has 8 heteroatoms. The molecular weight excluding hydrogens is 418 g/mol. The molecule has 0 atom stereocenters. The first kappa shape index (κ1) is 21.6. The predicted octanol–water partition coefficient (Wildman–Crippen LogP) is 4.24. The normalized spacial score (nSPS) is 17.3. The number of fused-ring (bicyclic) bond motifs is 1. The molecule has 0 radical (unpaired) electrons. The third kappa shape index (κ3) is 3.87. The highest BCUT2D eigenvalue weighted by Crippen LogP contribution is 2.43. The van der Waals surface area contributed by atoms with Gasteiger partial charge in [-0.1, -0.05) is 11.6 Å². The van der Waals surface area contributed by atoms with Gasteiger partial charge in [0.2, 0.25) is 0 Å². The molecule has 2 aliphatic heterocycles. The van der Waals surface area contributed by atoms with E-state index in [1.807, 2.05) is 24.8 Å². The summed E-state index contributed by atoms with van der Waals surface area (Å²) in [5.74, 6) is 1.41. The van der Waals surface area contributed by atoms with Crippen molar-refractivity contribution in [1.29, 1.82) is 0 Å². The molecule has 7 nitrogen and oxygen atoms in total. The Kier molecular flexibility index (Phi) is 5.64. The molecule has 2 aromatic rings. The second-order valence-corrected chi connectivity index (χ2v) is 8.63. The molecule has 0 unspecified atom stereocenters. The highest BCUT2D eigenvalue weighted by molar-refractivity contribution is 6.32. The lowest BCUT2D eigenvalue weighted by Gasteiger charge is -2.44. The molecule has 31 heavy (non-hydrogen) atoms. The van der Waals surface area contributed by atoms with Crippen molar-refractivity contribution in [3.8, 4) is 5.75 Å². The van der Waals surface area contributed by atoms with Crippen LogP contribution >= 0.6 is 11.6 Å². The average Bonchev–Trinajstić information content (AvgIpc) is 2.72. The minimum absolute atomic E-state index is 0.0687. The molecule has 1 saturated heterocycles. The van der Waals surface area contributed by atoms with Gasteiger partial charge >= 0.3 is 5.97 Å². The third-order valence-corrected chi connectivity index (χ3v) is 6.67. The van der Waals surface area contributed by atoms with E-state index in [-0.39, 0.29) is 12.4 Å². The zero-order chi connectivity index (χ0) is 22.3. The molecule has 4 rings (SSSR count). The largest absolute Gasteiger partial charge is 0.486 e. The molecule has 1 spiro atoms. The Hall–Kier alpha value is -2.67. The van der Waals surface area contributed by atoms with Crippen LogP contribution in [0.25, 0.3) is 0 Å². The van der Waals surface area contributed by atoms with Crippen molar-refractivity contribution in [3.05, 3.63) is 45.4 Å². The standard InChI is InChI=1S/C23H26ClN3O4/c1-5-30-22(29)16-12-25-15(4)26-21(16)27-8-6-23(7-9-27)11-17(28)19-14(3)20(24)13(2)10-18(19)31-23/h10,12H,5-9,11H2,1-4H3. The van der Waals surface area contributed by atoms with Crippen molar-refractivity contribution >= 4 is 29.2 Å². The molecule has 0 saturated carbocycles. The number of carbonyl (C=O) groups excluding carboxylic acids is 2. The maximum Gasteiger partial charge on any atom is 0.343 e. The van der Waals surface area contributed by atoms with Gasteiger partial charge in [0, 0.05) is 37.2 Å². The molecular formula is C23H26ClN3O4. The van der Waals surface area contributed by atoms with Gasteiger partial charge in [0.15, 0.2) is 5.78 Å². The molecule has 164 valence electrons. The summed E-state index contributed by atoms with van der Waals surface area (Å²) in [5.41, 5.74) is 2.08. The first-order chi connectivity index (χ1) is 14.7. The van der Waals surface area contributed by atoms with Gasteiger partial charge in [-0.25, -0.2) is 14.8 Å². The molecule has 0 N–H and O–H groups in total.